The van der Waals surface area contributed by atoms with Crippen LogP contribution in [0.3, 0.4) is 0 Å². The molecule has 13 heavy (non-hydrogen) atoms. The van der Waals surface area contributed by atoms with Crippen molar-refractivity contribution in [1.29, 1.82) is 0 Å². The summed E-state index contributed by atoms with van der Waals surface area (Å²) >= 11 is 11.1. The normalized spacial score (nSPS) is 6.92. The molecule has 0 atom stereocenters. The number of halogens is 2. The van der Waals surface area contributed by atoms with Crippen LogP contribution in [0, 0.1) is 0 Å². The van der Waals surface area contributed by atoms with Crippen molar-refractivity contribution < 1.29 is 9.90 Å². The van der Waals surface area contributed by atoms with Gasteiger partial charge in [-0.2, -0.15) is 0 Å². The van der Waals surface area contributed by atoms with Gasteiger partial charge in [0.25, 0.3) is 6.47 Å². The summed E-state index contributed by atoms with van der Waals surface area (Å²) in [5.74, 6) is 0. The van der Waals surface area contributed by atoms with Crippen molar-refractivity contribution in [2.45, 2.75) is 0 Å². The third-order valence-corrected chi connectivity index (χ3v) is 1.31. The van der Waals surface area contributed by atoms with E-state index in [2.05, 4.69) is 13.2 Å². The Kier molecular flexibility index (Phi) is 12.3. The fraction of sp³-hybridized carbons (Fsp3) is 0. The van der Waals surface area contributed by atoms with E-state index in [9.17, 15) is 0 Å². The molecule has 0 fully saturated rings. The molecule has 1 aromatic carbocycles. The third kappa shape index (κ3) is 11.0. The highest BCUT2D eigenvalue weighted by molar-refractivity contribution is 6.32. The number of carboxylic acid groups (broad SMARTS) is 1. The number of benzene rings is 1. The molecule has 0 aliphatic rings. The molecule has 1 aromatic rings. The highest BCUT2D eigenvalue weighted by Gasteiger charge is 1.83. The lowest BCUT2D eigenvalue weighted by Crippen LogP contribution is -1.60. The van der Waals surface area contributed by atoms with E-state index < -0.39 is 0 Å². The van der Waals surface area contributed by atoms with Crippen LogP contribution in [0.15, 0.2) is 37.4 Å². The minimum atomic E-state index is -0.250. The maximum Gasteiger partial charge on any atom is 0.290 e. The molecule has 1 rings (SSSR count). The van der Waals surface area contributed by atoms with Crippen molar-refractivity contribution in [3.63, 3.8) is 0 Å². The average molecular weight is 221 g/mol. The zero-order valence-electron chi connectivity index (χ0n) is 6.91. The first-order chi connectivity index (χ1) is 6.20. The summed E-state index contributed by atoms with van der Waals surface area (Å²) in [6.45, 7) is 5.75. The van der Waals surface area contributed by atoms with Gasteiger partial charge in [-0.3, -0.25) is 4.79 Å². The van der Waals surface area contributed by atoms with Crippen LogP contribution in [0.2, 0.25) is 10.0 Å². The first-order valence-electron chi connectivity index (χ1n) is 3.19. The van der Waals surface area contributed by atoms with E-state index in [-0.39, 0.29) is 6.47 Å². The number of carbonyl (C=O) groups is 1. The Hall–Kier alpha value is -0.990. The molecule has 0 bridgehead atoms. The smallest absolute Gasteiger partial charge is 0.290 e. The average Bonchev–Trinajstić information content (AvgIpc) is 2.15. The number of hydrogen-bond acceptors (Lipinski definition) is 1. The summed E-state index contributed by atoms with van der Waals surface area (Å²) in [5.41, 5.74) is 0. The molecule has 0 unspecified atom stereocenters. The Bertz CT molecular complexity index is 201. The topological polar surface area (TPSA) is 37.3 Å². The lowest BCUT2D eigenvalue weighted by Gasteiger charge is -1.86. The van der Waals surface area contributed by atoms with E-state index in [4.69, 9.17) is 33.1 Å². The largest absolute Gasteiger partial charge is 0.483 e. The molecular weight excluding hydrogens is 211 g/mol. The van der Waals surface area contributed by atoms with Crippen molar-refractivity contribution in [3.8, 4) is 0 Å². The van der Waals surface area contributed by atoms with Crippen molar-refractivity contribution >= 4 is 29.7 Å². The minimum absolute atomic E-state index is 0.250. The van der Waals surface area contributed by atoms with E-state index in [0.717, 1.165) is 10.0 Å². The molecule has 0 aliphatic heterocycles. The lowest BCUT2D eigenvalue weighted by atomic mass is 10.4. The second kappa shape index (κ2) is 11.0. The Balaban J connectivity index is 0. The predicted molar refractivity (Wildman–Crippen MR) is 56.4 cm³/mol. The lowest BCUT2D eigenvalue weighted by molar-refractivity contribution is -0.122. The molecular formula is C9H10Cl2O2. The summed E-state index contributed by atoms with van der Waals surface area (Å²) in [6.07, 6.45) is 0. The van der Waals surface area contributed by atoms with Gasteiger partial charge in [-0.05, 0) is 24.3 Å². The first kappa shape index (κ1) is 14.5. The summed E-state index contributed by atoms with van der Waals surface area (Å²) < 4.78 is 0. The van der Waals surface area contributed by atoms with Crippen LogP contribution in [-0.2, 0) is 4.79 Å². The number of rotatable bonds is 0. The van der Waals surface area contributed by atoms with Crippen LogP contribution in [0.1, 0.15) is 0 Å². The van der Waals surface area contributed by atoms with Crippen LogP contribution >= 0.6 is 23.2 Å². The van der Waals surface area contributed by atoms with Crippen LogP contribution in [0.4, 0.5) is 0 Å². The van der Waals surface area contributed by atoms with E-state index in [1.165, 1.54) is 0 Å². The van der Waals surface area contributed by atoms with Gasteiger partial charge in [0.15, 0.2) is 0 Å². The second-order valence-corrected chi connectivity index (χ2v) is 2.41. The van der Waals surface area contributed by atoms with Crippen LogP contribution < -0.4 is 0 Å². The summed E-state index contributed by atoms with van der Waals surface area (Å²) in [5, 5.41) is 8.32. The van der Waals surface area contributed by atoms with Gasteiger partial charge in [-0.15, -0.1) is 13.2 Å². The highest BCUT2D eigenvalue weighted by Crippen LogP contribution is 2.12. The molecule has 1 N–H and O–H groups in total. The molecule has 0 saturated heterocycles. The first-order valence-corrected chi connectivity index (χ1v) is 3.95. The Labute approximate surface area is 87.4 Å². The van der Waals surface area contributed by atoms with E-state index in [0.29, 0.717) is 0 Å². The van der Waals surface area contributed by atoms with Crippen molar-refractivity contribution in [3.05, 3.63) is 47.5 Å². The summed E-state index contributed by atoms with van der Waals surface area (Å²) in [6, 6.07) is 7.02. The molecule has 0 saturated carbocycles. The van der Waals surface area contributed by atoms with Gasteiger partial charge in [0.1, 0.15) is 0 Å². The van der Waals surface area contributed by atoms with E-state index >= 15 is 0 Å². The van der Waals surface area contributed by atoms with Gasteiger partial charge in [0.2, 0.25) is 0 Å². The molecule has 0 amide bonds. The van der Waals surface area contributed by atoms with Crippen molar-refractivity contribution in [2.24, 2.45) is 0 Å². The quantitative estimate of drug-likeness (QED) is 0.537. The van der Waals surface area contributed by atoms with E-state index in [1.54, 1.807) is 24.3 Å². The fourth-order valence-corrected chi connectivity index (χ4v) is 0.682. The maximum absolute atomic E-state index is 8.36. The number of hydrogen-bond donors (Lipinski definition) is 1. The van der Waals surface area contributed by atoms with Gasteiger partial charge in [-0.1, -0.05) is 23.2 Å². The Morgan fingerprint density at radius 2 is 1.23 bits per heavy atom. The molecule has 0 spiro atoms. The fourth-order valence-electron chi connectivity index (χ4n) is 0.430. The van der Waals surface area contributed by atoms with Crippen molar-refractivity contribution in [1.82, 2.24) is 0 Å². The minimum Gasteiger partial charge on any atom is -0.483 e. The van der Waals surface area contributed by atoms with E-state index in [1.807, 2.05) is 0 Å². The Morgan fingerprint density at radius 3 is 1.38 bits per heavy atom. The molecule has 0 radical (unpaired) electrons. The zero-order valence-corrected chi connectivity index (χ0v) is 8.42. The van der Waals surface area contributed by atoms with Gasteiger partial charge in [0, 0.05) is 10.0 Å². The van der Waals surface area contributed by atoms with Gasteiger partial charge in [0.05, 0.1) is 0 Å². The zero-order chi connectivity index (χ0) is 10.7. The SMILES string of the molecule is C=C.Clc1ccc(Cl)cc1.O=CO. The van der Waals surface area contributed by atoms with Crippen LogP contribution in [0.25, 0.3) is 0 Å². The van der Waals surface area contributed by atoms with Gasteiger partial charge in [-0.25, -0.2) is 0 Å². The summed E-state index contributed by atoms with van der Waals surface area (Å²) in [7, 11) is 0. The highest BCUT2D eigenvalue weighted by atomic mass is 35.5. The molecule has 4 heteroatoms. The monoisotopic (exact) mass is 220 g/mol. The van der Waals surface area contributed by atoms with Crippen LogP contribution in [0.5, 0.6) is 0 Å². The Morgan fingerprint density at radius 1 is 1.08 bits per heavy atom. The van der Waals surface area contributed by atoms with Gasteiger partial charge < -0.3 is 5.11 Å². The second-order valence-electron chi connectivity index (χ2n) is 1.54. The predicted octanol–water partition coefficient (Wildman–Crippen LogP) is 3.50. The molecule has 72 valence electrons. The summed E-state index contributed by atoms with van der Waals surface area (Å²) in [4.78, 5) is 8.36. The third-order valence-electron chi connectivity index (χ3n) is 0.804. The van der Waals surface area contributed by atoms with Crippen LogP contribution in [-0.4, -0.2) is 11.6 Å². The molecule has 0 aromatic heterocycles. The molecule has 0 heterocycles. The molecule has 0 aliphatic carbocycles. The van der Waals surface area contributed by atoms with Crippen molar-refractivity contribution in [2.75, 3.05) is 0 Å². The molecule has 2 nitrogen and oxygen atoms in total. The standard InChI is InChI=1S/C6H4Cl2.C2H4.CH2O2/c7-5-1-2-6(8)4-3-5;1-2;2-1-3/h1-4H;1-2H2;1H,(H,2,3). The maximum atomic E-state index is 8.36. The van der Waals surface area contributed by atoms with Gasteiger partial charge >= 0.3 is 0 Å².